The molecule has 4 aromatic heterocycles. The van der Waals surface area contributed by atoms with E-state index in [1.54, 1.807) is 75.1 Å². The molecule has 0 saturated carbocycles. The number of aryl methyl sites for hydroxylation is 1. The maximum absolute atomic E-state index is 12.1. The highest BCUT2D eigenvalue weighted by atomic mass is 32.2. The van der Waals surface area contributed by atoms with Gasteiger partial charge in [-0.15, -0.1) is 0 Å². The first-order valence-electron chi connectivity index (χ1n) is 17.3. The molecule has 7 aromatic rings. The second-order valence-corrected chi connectivity index (χ2v) is 13.5. The molecule has 4 heterocycles. The Bertz CT molecular complexity index is 2460. The van der Waals surface area contributed by atoms with Gasteiger partial charge in [-0.2, -0.15) is 8.42 Å². The fourth-order valence-corrected chi connectivity index (χ4v) is 5.85. The first-order chi connectivity index (χ1) is 27.6. The van der Waals surface area contributed by atoms with E-state index in [0.717, 1.165) is 44.6 Å². The predicted octanol–water partition coefficient (Wildman–Crippen LogP) is 8.49. The van der Waals surface area contributed by atoms with Crippen molar-refractivity contribution in [2.45, 2.75) is 11.8 Å². The summed E-state index contributed by atoms with van der Waals surface area (Å²) >= 11 is 0. The van der Waals surface area contributed by atoms with Gasteiger partial charge in [0.05, 0.1) is 60.5 Å². The number of nitrogens with one attached hydrogen (secondary N) is 2. The van der Waals surface area contributed by atoms with E-state index in [9.17, 15) is 22.3 Å². The van der Waals surface area contributed by atoms with Crippen molar-refractivity contribution < 1.29 is 40.7 Å². The van der Waals surface area contributed by atoms with Crippen molar-refractivity contribution in [3.8, 4) is 23.3 Å². The molecule has 0 saturated heterocycles. The number of fused-ring (bicyclic) bond motifs is 2. The number of hydrogen-bond donors (Lipinski definition) is 3. The van der Waals surface area contributed by atoms with E-state index >= 15 is 0 Å². The minimum Gasteiger partial charge on any atom is -0.508 e. The van der Waals surface area contributed by atoms with Crippen LogP contribution >= 0.6 is 0 Å². The molecule has 3 aromatic carbocycles. The molecule has 3 N–H and O–H groups in total. The zero-order valence-electron chi connectivity index (χ0n) is 31.2. The minimum atomic E-state index is -3.78. The summed E-state index contributed by atoms with van der Waals surface area (Å²) in [6.45, 7) is 0.151. The number of methoxy groups -OCH3 is 2. The first kappa shape index (κ1) is 41.5. The van der Waals surface area contributed by atoms with Gasteiger partial charge >= 0.3 is 0 Å². The SMILES string of the molecule is COc1ccc(Nc2ccc3cc(O)ccc3n2)cn1.COc1ccc(Nc2ccc3cc(OCCF)ccc3n2)cn1.Cc1ccc(S(=O)(=O)OCCF)cc1. The van der Waals surface area contributed by atoms with Crippen LogP contribution in [0.25, 0.3) is 21.8 Å². The van der Waals surface area contributed by atoms with Gasteiger partial charge in [-0.3, -0.25) is 4.18 Å². The smallest absolute Gasteiger partial charge is 0.297 e. The molecule has 0 aliphatic heterocycles. The standard InChI is InChI=1S/C17H16FN3O2.C15H13N3O2.C9H11FO3S/c1-22-17-7-3-13(11-19-17)20-16-6-2-12-10-14(23-9-8-18)4-5-15(12)21-16;1-20-15-7-3-11(9-16-15)17-14-6-2-10-8-12(19)4-5-13(10)18-14;1-8-2-4-9(5-3-8)14(11,12)13-7-6-10/h2-7,10-11H,8-9H2,1H3,(H,20,21);2-9,19H,1H3,(H,17,18);2-5H,6-7H2,1H3. The zero-order chi connectivity index (χ0) is 40.6. The summed E-state index contributed by atoms with van der Waals surface area (Å²) in [5, 5.41) is 17.6. The number of hydrogen-bond acceptors (Lipinski definition) is 13. The van der Waals surface area contributed by atoms with E-state index in [2.05, 4.69) is 34.8 Å². The molecule has 0 fully saturated rings. The lowest BCUT2D eigenvalue weighted by Crippen LogP contribution is -2.08. The van der Waals surface area contributed by atoms with Gasteiger partial charge < -0.3 is 30.0 Å². The molecule has 57 heavy (non-hydrogen) atoms. The van der Waals surface area contributed by atoms with Gasteiger partial charge in [0.25, 0.3) is 10.1 Å². The molecular formula is C41H40F2N6O7S. The van der Waals surface area contributed by atoms with Crippen LogP contribution in [0.15, 0.2) is 126 Å². The van der Waals surface area contributed by atoms with Gasteiger partial charge in [0.2, 0.25) is 11.8 Å². The number of phenols is 1. The number of ether oxygens (including phenoxy) is 3. The minimum absolute atomic E-state index is 0.0524. The number of aromatic nitrogens is 4. The Labute approximate surface area is 328 Å². The highest BCUT2D eigenvalue weighted by molar-refractivity contribution is 7.86. The Balaban J connectivity index is 0.000000168. The Hall–Kier alpha value is -6.65. The molecule has 0 aliphatic carbocycles. The number of anilines is 4. The summed E-state index contributed by atoms with van der Waals surface area (Å²) in [7, 11) is -0.625. The van der Waals surface area contributed by atoms with Gasteiger partial charge in [-0.1, -0.05) is 17.7 Å². The van der Waals surface area contributed by atoms with Gasteiger partial charge in [0, 0.05) is 22.9 Å². The lowest BCUT2D eigenvalue weighted by molar-refractivity contribution is 0.273. The van der Waals surface area contributed by atoms with Crippen LogP contribution in [0.2, 0.25) is 0 Å². The second-order valence-electron chi connectivity index (χ2n) is 11.9. The molecule has 16 heteroatoms. The topological polar surface area (TPSA) is 167 Å². The predicted molar refractivity (Wildman–Crippen MR) is 215 cm³/mol. The second kappa shape index (κ2) is 20.3. The van der Waals surface area contributed by atoms with Crippen molar-refractivity contribution >= 4 is 54.9 Å². The van der Waals surface area contributed by atoms with E-state index in [0.29, 0.717) is 23.3 Å². The van der Waals surface area contributed by atoms with Crippen molar-refractivity contribution in [2.24, 2.45) is 0 Å². The summed E-state index contributed by atoms with van der Waals surface area (Å²) in [5.74, 6) is 3.42. The van der Waals surface area contributed by atoms with Crippen LogP contribution in [0.3, 0.4) is 0 Å². The third-order valence-electron chi connectivity index (χ3n) is 7.74. The van der Waals surface area contributed by atoms with E-state index in [1.165, 1.54) is 12.1 Å². The summed E-state index contributed by atoms with van der Waals surface area (Å²) in [4.78, 5) is 17.3. The fraction of sp³-hybridized carbons (Fsp3) is 0.171. The van der Waals surface area contributed by atoms with E-state index < -0.39 is 30.1 Å². The molecule has 0 spiro atoms. The highest BCUT2D eigenvalue weighted by Crippen LogP contribution is 2.24. The number of alkyl halides is 2. The average molecular weight is 799 g/mol. The Morgan fingerprint density at radius 3 is 1.70 bits per heavy atom. The molecule has 296 valence electrons. The number of aromatic hydroxyl groups is 1. The normalized spacial score (nSPS) is 10.8. The average Bonchev–Trinajstić information content (AvgIpc) is 3.23. The van der Waals surface area contributed by atoms with Crippen molar-refractivity contribution in [3.63, 3.8) is 0 Å². The van der Waals surface area contributed by atoms with Gasteiger partial charge in [-0.25, -0.2) is 28.7 Å². The molecular weight excluding hydrogens is 759 g/mol. The molecule has 0 unspecified atom stereocenters. The highest BCUT2D eigenvalue weighted by Gasteiger charge is 2.14. The van der Waals surface area contributed by atoms with E-state index in [1.807, 2.05) is 55.5 Å². The molecule has 0 amide bonds. The van der Waals surface area contributed by atoms with Crippen molar-refractivity contribution in [1.29, 1.82) is 0 Å². The first-order valence-corrected chi connectivity index (χ1v) is 18.8. The van der Waals surface area contributed by atoms with Gasteiger partial charge in [0.1, 0.15) is 43.1 Å². The third kappa shape index (κ3) is 12.4. The monoisotopic (exact) mass is 798 g/mol. The third-order valence-corrected chi connectivity index (χ3v) is 9.07. The molecule has 0 radical (unpaired) electrons. The van der Waals surface area contributed by atoms with E-state index in [-0.39, 0.29) is 17.3 Å². The maximum atomic E-state index is 12.1. The zero-order valence-corrected chi connectivity index (χ0v) is 32.0. The molecule has 7 rings (SSSR count). The summed E-state index contributed by atoms with van der Waals surface area (Å²) < 4.78 is 66.2. The lowest BCUT2D eigenvalue weighted by Gasteiger charge is -2.08. The maximum Gasteiger partial charge on any atom is 0.297 e. The number of pyridine rings is 4. The summed E-state index contributed by atoms with van der Waals surface area (Å²) in [5.41, 5.74) is 4.24. The van der Waals surface area contributed by atoms with Crippen LogP contribution in [0.5, 0.6) is 23.3 Å². The van der Waals surface area contributed by atoms with Crippen molar-refractivity contribution in [2.75, 3.05) is 51.4 Å². The number of benzene rings is 3. The summed E-state index contributed by atoms with van der Waals surface area (Å²) in [6, 6.07) is 31.6. The molecule has 0 bridgehead atoms. The number of nitrogens with zero attached hydrogens (tertiary/aromatic N) is 4. The Morgan fingerprint density at radius 2 is 1.19 bits per heavy atom. The number of phenolic OH excluding ortho intramolecular Hbond substituents is 1. The molecule has 0 atom stereocenters. The van der Waals surface area contributed by atoms with Crippen LogP contribution in [-0.4, -0.2) is 74.2 Å². The van der Waals surface area contributed by atoms with Gasteiger partial charge in [-0.05, 0) is 91.9 Å². The van der Waals surface area contributed by atoms with Crippen LogP contribution < -0.4 is 24.8 Å². The lowest BCUT2D eigenvalue weighted by atomic mass is 10.2. The van der Waals surface area contributed by atoms with Crippen LogP contribution in [-0.2, 0) is 14.3 Å². The van der Waals surface area contributed by atoms with Crippen LogP contribution in [0.1, 0.15) is 5.56 Å². The number of rotatable bonds is 13. The molecule has 0 aliphatic rings. The van der Waals surface area contributed by atoms with Crippen LogP contribution in [0.4, 0.5) is 31.8 Å². The largest absolute Gasteiger partial charge is 0.508 e. The number of halogens is 2. The Morgan fingerprint density at radius 1 is 0.649 bits per heavy atom. The quantitative estimate of drug-likeness (QED) is 0.0952. The Kier molecular flexibility index (Phi) is 14.8. The van der Waals surface area contributed by atoms with Crippen molar-refractivity contribution in [3.05, 3.63) is 127 Å². The van der Waals surface area contributed by atoms with E-state index in [4.69, 9.17) is 14.2 Å². The van der Waals surface area contributed by atoms with Crippen LogP contribution in [0, 0.1) is 6.92 Å². The fourth-order valence-electron chi connectivity index (χ4n) is 4.96. The summed E-state index contributed by atoms with van der Waals surface area (Å²) in [6.07, 6.45) is 3.36. The molecule has 13 nitrogen and oxygen atoms in total. The van der Waals surface area contributed by atoms with Gasteiger partial charge in [0.15, 0.2) is 0 Å². The van der Waals surface area contributed by atoms with Crippen molar-refractivity contribution in [1.82, 2.24) is 19.9 Å².